The molecule has 0 aliphatic carbocycles. The lowest BCUT2D eigenvalue weighted by Crippen LogP contribution is -2.44. The van der Waals surface area contributed by atoms with E-state index in [1.165, 1.54) is 0 Å². The summed E-state index contributed by atoms with van der Waals surface area (Å²) in [4.78, 5) is 26.0. The number of anilines is 1. The van der Waals surface area contributed by atoms with Gasteiger partial charge in [-0.25, -0.2) is 4.79 Å². The Kier molecular flexibility index (Phi) is 5.45. The summed E-state index contributed by atoms with van der Waals surface area (Å²) in [5.74, 6) is 0.221. The summed E-state index contributed by atoms with van der Waals surface area (Å²) >= 11 is 3.28. The number of benzene rings is 1. The van der Waals surface area contributed by atoms with Crippen molar-refractivity contribution >= 4 is 33.5 Å². The summed E-state index contributed by atoms with van der Waals surface area (Å²) in [7, 11) is 0. The maximum Gasteiger partial charge on any atom is 0.340 e. The van der Waals surface area contributed by atoms with Crippen molar-refractivity contribution in [2.24, 2.45) is 11.8 Å². The Morgan fingerprint density at radius 2 is 1.95 bits per heavy atom. The molecule has 1 aromatic carbocycles. The molecule has 2 N–H and O–H groups in total. The predicted octanol–water partition coefficient (Wildman–Crippen LogP) is 2.69. The van der Waals surface area contributed by atoms with E-state index in [0.29, 0.717) is 17.5 Å². The number of likely N-dealkylation sites (tertiary alicyclic amines) is 1. The molecule has 1 heterocycles. The fraction of sp³-hybridized carbons (Fsp3) is 0.500. The van der Waals surface area contributed by atoms with Crippen LogP contribution < -0.4 is 5.73 Å². The summed E-state index contributed by atoms with van der Waals surface area (Å²) in [6.45, 7) is 5.46. The number of piperidine rings is 1. The number of ether oxygens (including phenoxy) is 1. The van der Waals surface area contributed by atoms with Crippen molar-refractivity contribution in [1.82, 2.24) is 4.90 Å². The van der Waals surface area contributed by atoms with Gasteiger partial charge in [-0.1, -0.05) is 29.8 Å². The summed E-state index contributed by atoms with van der Waals surface area (Å²) in [6, 6.07) is 4.96. The predicted molar refractivity (Wildman–Crippen MR) is 88.4 cm³/mol. The molecule has 22 heavy (non-hydrogen) atoms. The molecule has 0 aromatic heterocycles. The molecule has 1 amide bonds. The van der Waals surface area contributed by atoms with Crippen LogP contribution in [0.4, 0.5) is 5.69 Å². The largest absolute Gasteiger partial charge is 0.452 e. The molecule has 1 saturated heterocycles. The van der Waals surface area contributed by atoms with Gasteiger partial charge in [0.05, 0.1) is 5.56 Å². The zero-order valence-corrected chi connectivity index (χ0v) is 14.4. The highest BCUT2D eigenvalue weighted by molar-refractivity contribution is 9.10. The third-order valence-corrected chi connectivity index (χ3v) is 4.28. The van der Waals surface area contributed by atoms with Crippen molar-refractivity contribution in [1.29, 1.82) is 0 Å². The quantitative estimate of drug-likeness (QED) is 0.657. The minimum atomic E-state index is -0.578. The number of nitrogens with two attached hydrogens (primary N) is 1. The summed E-state index contributed by atoms with van der Waals surface area (Å²) in [6.07, 6.45) is 1.12. The van der Waals surface area contributed by atoms with Crippen molar-refractivity contribution in [3.05, 3.63) is 28.2 Å². The minimum absolute atomic E-state index is 0.152. The minimum Gasteiger partial charge on any atom is -0.452 e. The topological polar surface area (TPSA) is 72.6 Å². The monoisotopic (exact) mass is 368 g/mol. The number of carbonyl (C=O) groups excluding carboxylic acids is 2. The van der Waals surface area contributed by atoms with Crippen LogP contribution in [0.25, 0.3) is 0 Å². The SMILES string of the molecule is C[C@@H]1C[C@@H](C)CN(C(=O)COC(=O)c2cc(Br)ccc2N)C1. The summed E-state index contributed by atoms with van der Waals surface area (Å²) in [5, 5.41) is 0. The molecular weight excluding hydrogens is 348 g/mol. The molecule has 2 rings (SSSR count). The van der Waals surface area contributed by atoms with Gasteiger partial charge in [-0.2, -0.15) is 0 Å². The molecule has 0 radical (unpaired) electrons. The van der Waals surface area contributed by atoms with Gasteiger partial charge in [-0.15, -0.1) is 0 Å². The molecule has 5 nitrogen and oxygen atoms in total. The molecule has 0 spiro atoms. The van der Waals surface area contributed by atoms with Crippen molar-refractivity contribution < 1.29 is 14.3 Å². The first kappa shape index (κ1) is 16.8. The van der Waals surface area contributed by atoms with Crippen molar-refractivity contribution in [3.8, 4) is 0 Å². The highest BCUT2D eigenvalue weighted by Gasteiger charge is 2.26. The fourth-order valence-electron chi connectivity index (χ4n) is 2.87. The average Bonchev–Trinajstić information content (AvgIpc) is 2.45. The van der Waals surface area contributed by atoms with Crippen LogP contribution in [0.3, 0.4) is 0 Å². The Morgan fingerprint density at radius 1 is 1.32 bits per heavy atom. The van der Waals surface area contributed by atoms with E-state index < -0.39 is 5.97 Å². The lowest BCUT2D eigenvalue weighted by molar-refractivity contribution is -0.137. The number of carbonyl (C=O) groups is 2. The summed E-state index contributed by atoms with van der Waals surface area (Å²) in [5.41, 5.74) is 6.36. The van der Waals surface area contributed by atoms with Gasteiger partial charge in [0.25, 0.3) is 5.91 Å². The lowest BCUT2D eigenvalue weighted by atomic mass is 9.92. The highest BCUT2D eigenvalue weighted by atomic mass is 79.9. The van der Waals surface area contributed by atoms with Gasteiger partial charge in [0.15, 0.2) is 6.61 Å². The Morgan fingerprint density at radius 3 is 2.59 bits per heavy atom. The number of rotatable bonds is 3. The standard InChI is InChI=1S/C16H21BrN2O3/c1-10-5-11(2)8-19(7-10)15(20)9-22-16(21)13-6-12(17)3-4-14(13)18/h3-4,6,10-11H,5,7-9,18H2,1-2H3/t10-,11-/m1/s1. The zero-order chi connectivity index (χ0) is 16.3. The van der Waals surface area contributed by atoms with Gasteiger partial charge in [-0.05, 0) is 36.5 Å². The van der Waals surface area contributed by atoms with E-state index in [-0.39, 0.29) is 18.1 Å². The van der Waals surface area contributed by atoms with Gasteiger partial charge in [0, 0.05) is 23.2 Å². The number of hydrogen-bond acceptors (Lipinski definition) is 4. The lowest BCUT2D eigenvalue weighted by Gasteiger charge is -2.34. The van der Waals surface area contributed by atoms with Crippen LogP contribution in [0.1, 0.15) is 30.6 Å². The number of hydrogen-bond donors (Lipinski definition) is 1. The van der Waals surface area contributed by atoms with Gasteiger partial charge >= 0.3 is 5.97 Å². The number of nitrogen functional groups attached to an aromatic ring is 1. The smallest absolute Gasteiger partial charge is 0.340 e. The number of halogens is 1. The molecular formula is C16H21BrN2O3. The molecule has 0 saturated carbocycles. The third-order valence-electron chi connectivity index (χ3n) is 3.78. The van der Waals surface area contributed by atoms with Gasteiger partial charge in [0.1, 0.15) is 0 Å². The molecule has 1 fully saturated rings. The molecule has 1 aromatic rings. The average molecular weight is 369 g/mol. The maximum absolute atomic E-state index is 12.2. The van der Waals surface area contributed by atoms with Crippen LogP contribution in [-0.4, -0.2) is 36.5 Å². The van der Waals surface area contributed by atoms with Gasteiger partial charge in [0.2, 0.25) is 0 Å². The Balaban J connectivity index is 1.93. The zero-order valence-electron chi connectivity index (χ0n) is 12.8. The van der Waals surface area contributed by atoms with E-state index in [9.17, 15) is 9.59 Å². The first-order chi connectivity index (χ1) is 10.4. The Hall–Kier alpha value is -1.56. The third kappa shape index (κ3) is 4.22. The van der Waals surface area contributed by atoms with Crippen LogP contribution in [-0.2, 0) is 9.53 Å². The molecule has 0 bridgehead atoms. The molecule has 1 aliphatic rings. The van der Waals surface area contributed by atoms with E-state index in [2.05, 4.69) is 29.8 Å². The highest BCUT2D eigenvalue weighted by Crippen LogP contribution is 2.22. The summed E-state index contributed by atoms with van der Waals surface area (Å²) < 4.78 is 5.85. The van der Waals surface area contributed by atoms with Crippen LogP contribution in [0.2, 0.25) is 0 Å². The second-order valence-corrected chi connectivity index (χ2v) is 6.97. The Bertz CT molecular complexity index is 567. The van der Waals surface area contributed by atoms with E-state index >= 15 is 0 Å². The maximum atomic E-state index is 12.2. The van der Waals surface area contributed by atoms with Crippen LogP contribution in [0.15, 0.2) is 22.7 Å². The molecule has 1 aliphatic heterocycles. The van der Waals surface area contributed by atoms with E-state index in [4.69, 9.17) is 10.5 Å². The van der Waals surface area contributed by atoms with Crippen LogP contribution in [0, 0.1) is 11.8 Å². The van der Waals surface area contributed by atoms with E-state index in [1.54, 1.807) is 23.1 Å². The second-order valence-electron chi connectivity index (χ2n) is 6.05. The number of nitrogens with zero attached hydrogens (tertiary/aromatic N) is 1. The second kappa shape index (κ2) is 7.13. The fourth-order valence-corrected chi connectivity index (χ4v) is 3.23. The number of amides is 1. The van der Waals surface area contributed by atoms with Crippen LogP contribution in [0.5, 0.6) is 0 Å². The molecule has 2 atom stereocenters. The normalized spacial score (nSPS) is 21.5. The van der Waals surface area contributed by atoms with Crippen molar-refractivity contribution in [2.75, 3.05) is 25.4 Å². The molecule has 6 heteroatoms. The Labute approximate surface area is 138 Å². The first-order valence-corrected chi connectivity index (χ1v) is 8.16. The van der Waals surface area contributed by atoms with Gasteiger partial charge < -0.3 is 15.4 Å². The first-order valence-electron chi connectivity index (χ1n) is 7.36. The van der Waals surface area contributed by atoms with Crippen molar-refractivity contribution in [3.63, 3.8) is 0 Å². The number of esters is 1. The van der Waals surface area contributed by atoms with Crippen LogP contribution >= 0.6 is 15.9 Å². The van der Waals surface area contributed by atoms with Gasteiger partial charge in [-0.3, -0.25) is 4.79 Å². The molecule has 0 unspecified atom stereocenters. The van der Waals surface area contributed by atoms with E-state index in [1.807, 2.05) is 0 Å². The molecule has 120 valence electrons. The van der Waals surface area contributed by atoms with Crippen molar-refractivity contribution in [2.45, 2.75) is 20.3 Å². The van der Waals surface area contributed by atoms with E-state index in [0.717, 1.165) is 24.0 Å².